The summed E-state index contributed by atoms with van der Waals surface area (Å²) in [4.78, 5) is 11.0. The van der Waals surface area contributed by atoms with Gasteiger partial charge in [0.1, 0.15) is 23.7 Å². The number of halogens is 3. The van der Waals surface area contributed by atoms with Crippen molar-refractivity contribution in [1.29, 1.82) is 0 Å². The van der Waals surface area contributed by atoms with Crippen LogP contribution in [0.4, 0.5) is 31.9 Å². The first-order valence-electron chi connectivity index (χ1n) is 11.1. The van der Waals surface area contributed by atoms with E-state index in [9.17, 15) is 13.3 Å². The molecule has 0 radical (unpaired) electrons. The highest BCUT2D eigenvalue weighted by molar-refractivity contribution is 7.70. The van der Waals surface area contributed by atoms with Crippen LogP contribution in [0.1, 0.15) is 11.1 Å². The van der Waals surface area contributed by atoms with Crippen LogP contribution in [0.5, 0.6) is 11.5 Å². The van der Waals surface area contributed by atoms with Gasteiger partial charge in [0.25, 0.3) is 0 Å². The molecular weight excluding hydrogens is 511 g/mol. The van der Waals surface area contributed by atoms with Crippen molar-refractivity contribution in [3.8, 4) is 11.5 Å². The van der Waals surface area contributed by atoms with E-state index in [1.54, 1.807) is 7.11 Å². The van der Waals surface area contributed by atoms with Crippen LogP contribution >= 0.6 is 18.7 Å². The molecule has 0 aliphatic carbocycles. The van der Waals surface area contributed by atoms with Crippen LogP contribution in [-0.2, 0) is 17.5 Å². The fraction of sp³-hybridized carbons (Fsp3) is 0.333. The molecule has 0 saturated carbocycles. The second-order valence-electron chi connectivity index (χ2n) is 8.86. The van der Waals surface area contributed by atoms with E-state index in [-0.39, 0.29) is 22.5 Å². The molecule has 0 saturated heterocycles. The van der Waals surface area contributed by atoms with Crippen LogP contribution in [0, 0.1) is 0 Å². The van der Waals surface area contributed by atoms with Gasteiger partial charge in [-0.1, -0.05) is 11.6 Å². The lowest BCUT2D eigenvalue weighted by Crippen LogP contribution is -2.26. The number of fused-ring (bicyclic) bond motifs is 1. The first kappa shape index (κ1) is 26.1. The molecule has 2 heterocycles. The number of alkyl halides is 2. The highest BCUT2D eigenvalue weighted by Crippen LogP contribution is 2.40. The van der Waals surface area contributed by atoms with Crippen molar-refractivity contribution in [2.75, 3.05) is 44.7 Å². The van der Waals surface area contributed by atoms with Crippen molar-refractivity contribution in [2.45, 2.75) is 19.6 Å². The largest absolute Gasteiger partial charge is 0.495 e. The topological polar surface area (TPSA) is 88.6 Å². The van der Waals surface area contributed by atoms with E-state index in [0.29, 0.717) is 22.4 Å². The first-order chi connectivity index (χ1) is 17.0. The maximum atomic E-state index is 12.9. The lowest BCUT2D eigenvalue weighted by molar-refractivity contribution is -0.0497. The third kappa shape index (κ3) is 6.06. The SMILES string of the molecule is COc1cc2c(cc1Nc1ncc(Cl)c(Nc3ccc(OC(F)F)cc3P(C)(C)=O)n1)CN(C)CC2. The molecule has 1 aliphatic rings. The number of hydrogen-bond acceptors (Lipinski definition) is 8. The van der Waals surface area contributed by atoms with Gasteiger partial charge in [0, 0.05) is 18.4 Å². The molecular formula is C24H27ClF2N5O3P. The highest BCUT2D eigenvalue weighted by Gasteiger charge is 2.21. The van der Waals surface area contributed by atoms with Gasteiger partial charge in [0.05, 0.1) is 24.7 Å². The Bertz CT molecular complexity index is 1320. The predicted molar refractivity (Wildman–Crippen MR) is 139 cm³/mol. The van der Waals surface area contributed by atoms with Gasteiger partial charge in [-0.15, -0.1) is 0 Å². The Morgan fingerprint density at radius 1 is 1.14 bits per heavy atom. The average molecular weight is 538 g/mol. The first-order valence-corrected chi connectivity index (χ1v) is 14.1. The third-order valence-corrected chi connectivity index (χ3v) is 7.55. The van der Waals surface area contributed by atoms with Crippen LogP contribution in [0.15, 0.2) is 36.5 Å². The zero-order valence-corrected chi connectivity index (χ0v) is 22.0. The summed E-state index contributed by atoms with van der Waals surface area (Å²) in [6, 6.07) is 8.24. The van der Waals surface area contributed by atoms with Gasteiger partial charge in [-0.3, -0.25) is 0 Å². The van der Waals surface area contributed by atoms with E-state index in [2.05, 4.69) is 37.3 Å². The normalized spacial score (nSPS) is 13.9. The molecule has 2 N–H and O–H groups in total. The Hall–Kier alpha value is -2.94. The second-order valence-corrected chi connectivity index (χ2v) is 12.4. The Labute approximate surface area is 213 Å². The van der Waals surface area contributed by atoms with Crippen molar-refractivity contribution in [1.82, 2.24) is 14.9 Å². The molecule has 0 bridgehead atoms. The quantitative estimate of drug-likeness (QED) is 0.366. The smallest absolute Gasteiger partial charge is 0.387 e. The number of anilines is 4. The van der Waals surface area contributed by atoms with E-state index < -0.39 is 13.8 Å². The zero-order chi connectivity index (χ0) is 26.0. The lowest BCUT2D eigenvalue weighted by Gasteiger charge is -2.26. The number of rotatable bonds is 8. The Morgan fingerprint density at radius 3 is 2.61 bits per heavy atom. The molecule has 0 spiro atoms. The number of ether oxygens (including phenoxy) is 2. The van der Waals surface area contributed by atoms with Crippen molar-refractivity contribution in [3.63, 3.8) is 0 Å². The third-order valence-electron chi connectivity index (χ3n) is 5.74. The summed E-state index contributed by atoms with van der Waals surface area (Å²) in [6.45, 7) is 1.89. The van der Waals surface area contributed by atoms with Crippen LogP contribution in [0.2, 0.25) is 5.02 Å². The highest BCUT2D eigenvalue weighted by atomic mass is 35.5. The van der Waals surface area contributed by atoms with E-state index in [4.69, 9.17) is 16.3 Å². The zero-order valence-electron chi connectivity index (χ0n) is 20.3. The summed E-state index contributed by atoms with van der Waals surface area (Å²) in [5, 5.41) is 6.80. The molecule has 4 rings (SSSR count). The van der Waals surface area contributed by atoms with Crippen LogP contribution in [-0.4, -0.2) is 55.5 Å². The Kier molecular flexibility index (Phi) is 7.68. The Balaban J connectivity index is 1.65. The molecule has 2 aromatic carbocycles. The van der Waals surface area contributed by atoms with Crippen molar-refractivity contribution in [3.05, 3.63) is 52.7 Å². The minimum absolute atomic E-state index is 0.0873. The van der Waals surface area contributed by atoms with Crippen molar-refractivity contribution in [2.24, 2.45) is 0 Å². The molecule has 0 fully saturated rings. The fourth-order valence-electron chi connectivity index (χ4n) is 4.00. The van der Waals surface area contributed by atoms with Crippen molar-refractivity contribution >= 4 is 47.2 Å². The number of nitrogens with one attached hydrogen (secondary N) is 2. The summed E-state index contributed by atoms with van der Waals surface area (Å²) in [5.74, 6) is 1.10. The van der Waals surface area contributed by atoms with Gasteiger partial charge in [-0.25, -0.2) is 4.98 Å². The second kappa shape index (κ2) is 10.6. The minimum Gasteiger partial charge on any atom is -0.495 e. The average Bonchev–Trinajstić information content (AvgIpc) is 2.80. The molecule has 1 aromatic heterocycles. The molecule has 12 heteroatoms. The van der Waals surface area contributed by atoms with Crippen LogP contribution in [0.25, 0.3) is 0 Å². The van der Waals surface area contributed by atoms with E-state index >= 15 is 0 Å². The van der Waals surface area contributed by atoms with Gasteiger partial charge in [-0.2, -0.15) is 13.8 Å². The minimum atomic E-state index is -2.99. The molecule has 8 nitrogen and oxygen atoms in total. The van der Waals surface area contributed by atoms with Gasteiger partial charge < -0.3 is 29.6 Å². The number of likely N-dealkylation sites (N-methyl/N-ethyl adjacent to an activating group) is 1. The summed E-state index contributed by atoms with van der Waals surface area (Å²) < 4.78 is 48.3. The van der Waals surface area contributed by atoms with E-state index in [1.807, 2.05) is 12.1 Å². The maximum absolute atomic E-state index is 12.9. The van der Waals surface area contributed by atoms with Gasteiger partial charge >= 0.3 is 6.61 Å². The fourth-order valence-corrected chi connectivity index (χ4v) is 5.28. The van der Waals surface area contributed by atoms with E-state index in [0.717, 1.165) is 19.5 Å². The Morgan fingerprint density at radius 2 is 1.92 bits per heavy atom. The summed E-state index contributed by atoms with van der Waals surface area (Å²) in [5.41, 5.74) is 3.55. The molecule has 1 aliphatic heterocycles. The monoisotopic (exact) mass is 537 g/mol. The van der Waals surface area contributed by atoms with Crippen LogP contribution < -0.4 is 25.4 Å². The van der Waals surface area contributed by atoms with Gasteiger partial charge in [0.2, 0.25) is 5.95 Å². The maximum Gasteiger partial charge on any atom is 0.387 e. The molecule has 0 amide bonds. The number of hydrogen-bond donors (Lipinski definition) is 2. The molecule has 0 atom stereocenters. The summed E-state index contributed by atoms with van der Waals surface area (Å²) >= 11 is 6.35. The van der Waals surface area contributed by atoms with Crippen LogP contribution in [0.3, 0.4) is 0 Å². The predicted octanol–water partition coefficient (Wildman–Crippen LogP) is 5.46. The molecule has 192 valence electrons. The summed E-state index contributed by atoms with van der Waals surface area (Å²) in [6.07, 6.45) is 2.37. The van der Waals surface area contributed by atoms with Gasteiger partial charge in [-0.05, 0) is 68.3 Å². The lowest BCUT2D eigenvalue weighted by atomic mass is 9.99. The molecule has 36 heavy (non-hydrogen) atoms. The number of nitrogens with zero attached hydrogens (tertiary/aromatic N) is 3. The number of benzene rings is 2. The number of methoxy groups -OCH3 is 1. The molecule has 3 aromatic rings. The van der Waals surface area contributed by atoms with Gasteiger partial charge in [0.15, 0.2) is 5.82 Å². The summed E-state index contributed by atoms with van der Waals surface area (Å²) in [7, 11) is 0.799. The molecule has 0 unspecified atom stereocenters. The van der Waals surface area contributed by atoms with Crippen molar-refractivity contribution < 1.29 is 22.8 Å². The number of aromatic nitrogens is 2. The van der Waals surface area contributed by atoms with E-state index in [1.165, 1.54) is 48.9 Å². The standard InChI is InChI=1S/C24H27ClF2N5O3P/c1-32-8-7-14-10-20(34-2)19(9-15(14)13-32)30-24-28-12-17(25)22(31-24)29-18-6-5-16(35-23(26)27)11-21(18)36(3,4)33/h5-6,9-12,23H,7-8,13H2,1-4H3,(H2,28,29,30,31).